The fourth-order valence-corrected chi connectivity index (χ4v) is 1.63. The van der Waals surface area contributed by atoms with Crippen molar-refractivity contribution >= 4 is 5.84 Å². The number of nitrogens with zero attached hydrogens (tertiary/aromatic N) is 1. The predicted molar refractivity (Wildman–Crippen MR) is 75.3 cm³/mol. The van der Waals surface area contributed by atoms with Gasteiger partial charge in [0.05, 0.1) is 7.11 Å². The smallest absolute Gasteiger partial charge is 0.170 e. The minimum absolute atomic E-state index is 0.0840. The van der Waals surface area contributed by atoms with Crippen LogP contribution in [0.1, 0.15) is 24.5 Å². The molecule has 5 heteroatoms. The summed E-state index contributed by atoms with van der Waals surface area (Å²) >= 11 is 0. The third-order valence-corrected chi connectivity index (χ3v) is 2.60. The zero-order chi connectivity index (χ0) is 14.1. The van der Waals surface area contributed by atoms with E-state index in [2.05, 4.69) is 22.3 Å². The Labute approximate surface area is 113 Å². The number of hydrogen-bond donors (Lipinski definition) is 3. The highest BCUT2D eigenvalue weighted by atomic mass is 16.5. The molecule has 0 aliphatic carbocycles. The molecule has 1 aromatic carbocycles. The lowest BCUT2D eigenvalue weighted by atomic mass is 10.1. The molecule has 0 amide bonds. The van der Waals surface area contributed by atoms with Gasteiger partial charge in [0.25, 0.3) is 0 Å². The topological polar surface area (TPSA) is 79.9 Å². The highest BCUT2D eigenvalue weighted by Crippen LogP contribution is 2.19. The summed E-state index contributed by atoms with van der Waals surface area (Å²) in [4.78, 5) is 0. The van der Waals surface area contributed by atoms with Crippen LogP contribution in [0.3, 0.4) is 0 Å². The Bertz CT molecular complexity index is 501. The number of ether oxygens (including phenoxy) is 1. The monoisotopic (exact) mass is 261 g/mol. The maximum absolute atomic E-state index is 8.68. The number of amidine groups is 1. The van der Waals surface area contributed by atoms with Crippen LogP contribution in [0.4, 0.5) is 0 Å². The summed E-state index contributed by atoms with van der Waals surface area (Å²) in [6, 6.07) is 5.39. The van der Waals surface area contributed by atoms with Crippen molar-refractivity contribution in [2.75, 3.05) is 13.7 Å². The van der Waals surface area contributed by atoms with E-state index in [-0.39, 0.29) is 5.84 Å². The van der Waals surface area contributed by atoms with Crippen LogP contribution in [0.15, 0.2) is 23.4 Å². The maximum Gasteiger partial charge on any atom is 0.170 e. The molecule has 0 atom stereocenters. The van der Waals surface area contributed by atoms with Gasteiger partial charge in [0.1, 0.15) is 5.75 Å². The molecule has 5 nitrogen and oxygen atoms in total. The Balaban J connectivity index is 2.75. The van der Waals surface area contributed by atoms with E-state index in [0.29, 0.717) is 12.1 Å². The fraction of sp³-hybridized carbons (Fsp3) is 0.357. The third-order valence-electron chi connectivity index (χ3n) is 2.60. The summed E-state index contributed by atoms with van der Waals surface area (Å²) < 4.78 is 5.28. The van der Waals surface area contributed by atoms with Crippen molar-refractivity contribution in [1.82, 2.24) is 5.32 Å². The van der Waals surface area contributed by atoms with Crippen LogP contribution in [0.5, 0.6) is 5.75 Å². The number of rotatable bonds is 6. The third kappa shape index (κ3) is 4.53. The SMILES string of the molecule is CC#CCCNCc1cc(/C(N)=N/O)ccc1OC. The van der Waals surface area contributed by atoms with Crippen LogP contribution in [0.25, 0.3) is 0 Å². The molecule has 0 radical (unpaired) electrons. The van der Waals surface area contributed by atoms with Gasteiger partial charge in [-0.2, -0.15) is 0 Å². The summed E-state index contributed by atoms with van der Waals surface area (Å²) in [7, 11) is 1.62. The van der Waals surface area contributed by atoms with Gasteiger partial charge in [-0.25, -0.2) is 0 Å². The first kappa shape index (κ1) is 14.9. The van der Waals surface area contributed by atoms with Gasteiger partial charge in [0.2, 0.25) is 0 Å². The number of benzene rings is 1. The largest absolute Gasteiger partial charge is 0.496 e. The van der Waals surface area contributed by atoms with Crippen molar-refractivity contribution < 1.29 is 9.94 Å². The number of nitrogens with one attached hydrogen (secondary N) is 1. The first-order chi connectivity index (χ1) is 9.22. The van der Waals surface area contributed by atoms with Gasteiger partial charge >= 0.3 is 0 Å². The highest BCUT2D eigenvalue weighted by molar-refractivity contribution is 5.97. The van der Waals surface area contributed by atoms with Crippen LogP contribution in [-0.4, -0.2) is 24.7 Å². The van der Waals surface area contributed by atoms with Crippen LogP contribution in [0.2, 0.25) is 0 Å². The van der Waals surface area contributed by atoms with E-state index in [0.717, 1.165) is 24.3 Å². The number of hydrogen-bond acceptors (Lipinski definition) is 4. The van der Waals surface area contributed by atoms with Crippen LogP contribution in [-0.2, 0) is 6.54 Å². The first-order valence-electron chi connectivity index (χ1n) is 5.98. The Morgan fingerprint density at radius 2 is 2.32 bits per heavy atom. The van der Waals surface area contributed by atoms with Crippen LogP contribution >= 0.6 is 0 Å². The minimum Gasteiger partial charge on any atom is -0.496 e. The van der Waals surface area contributed by atoms with Gasteiger partial charge in [-0.05, 0) is 25.1 Å². The Hall–Kier alpha value is -2.19. The summed E-state index contributed by atoms with van der Waals surface area (Å²) in [5, 5.41) is 14.9. The zero-order valence-electron chi connectivity index (χ0n) is 11.2. The van der Waals surface area contributed by atoms with E-state index >= 15 is 0 Å². The second-order valence-electron chi connectivity index (χ2n) is 3.87. The lowest BCUT2D eigenvalue weighted by Gasteiger charge is -2.11. The standard InChI is InChI=1S/C14H19N3O2/c1-3-4-5-8-16-10-12-9-11(14(15)17-18)6-7-13(12)19-2/h6-7,9,16,18H,5,8,10H2,1-2H3,(H2,15,17). The molecule has 0 aliphatic rings. The average Bonchev–Trinajstić information content (AvgIpc) is 2.46. The average molecular weight is 261 g/mol. The molecule has 0 saturated heterocycles. The molecule has 0 unspecified atom stereocenters. The van der Waals surface area contributed by atoms with E-state index < -0.39 is 0 Å². The molecule has 0 fully saturated rings. The Kier molecular flexibility index (Phi) is 6.27. The molecule has 0 aliphatic heterocycles. The molecule has 4 N–H and O–H groups in total. The molecular formula is C14H19N3O2. The summed E-state index contributed by atoms with van der Waals surface area (Å²) in [5.74, 6) is 6.68. The van der Waals surface area contributed by atoms with Crippen molar-refractivity contribution in [1.29, 1.82) is 0 Å². The molecule has 102 valence electrons. The molecule has 1 aromatic rings. The molecule has 19 heavy (non-hydrogen) atoms. The van der Waals surface area contributed by atoms with Crippen molar-refractivity contribution in [3.63, 3.8) is 0 Å². The number of methoxy groups -OCH3 is 1. The van der Waals surface area contributed by atoms with E-state index in [1.165, 1.54) is 0 Å². The molecule has 1 rings (SSSR count). The van der Waals surface area contributed by atoms with Gasteiger partial charge in [0, 0.05) is 30.6 Å². The summed E-state index contributed by atoms with van der Waals surface area (Å²) in [6.45, 7) is 3.27. The number of nitrogens with two attached hydrogens (primary N) is 1. The zero-order valence-corrected chi connectivity index (χ0v) is 11.2. The lowest BCUT2D eigenvalue weighted by Crippen LogP contribution is -2.17. The van der Waals surface area contributed by atoms with E-state index in [9.17, 15) is 0 Å². The van der Waals surface area contributed by atoms with Crippen LogP contribution < -0.4 is 15.8 Å². The van der Waals surface area contributed by atoms with Crippen molar-refractivity contribution in [3.05, 3.63) is 29.3 Å². The molecule has 0 bridgehead atoms. The van der Waals surface area contributed by atoms with Crippen molar-refractivity contribution in [3.8, 4) is 17.6 Å². The highest BCUT2D eigenvalue weighted by Gasteiger charge is 2.06. The molecule has 0 spiro atoms. The van der Waals surface area contributed by atoms with Gasteiger partial charge in [-0.3, -0.25) is 0 Å². The lowest BCUT2D eigenvalue weighted by molar-refractivity contribution is 0.318. The summed E-state index contributed by atoms with van der Waals surface area (Å²) in [5.41, 5.74) is 7.18. The normalized spacial score (nSPS) is 10.7. The van der Waals surface area contributed by atoms with Gasteiger partial charge in [0.15, 0.2) is 5.84 Å². The van der Waals surface area contributed by atoms with Crippen LogP contribution in [0, 0.1) is 11.8 Å². The van der Waals surface area contributed by atoms with E-state index in [4.69, 9.17) is 15.7 Å². The second-order valence-corrected chi connectivity index (χ2v) is 3.87. The summed E-state index contributed by atoms with van der Waals surface area (Å²) in [6.07, 6.45) is 0.804. The van der Waals surface area contributed by atoms with E-state index in [1.807, 2.05) is 13.0 Å². The second kappa shape index (κ2) is 8.01. The molecule has 0 saturated carbocycles. The molecular weight excluding hydrogens is 242 g/mol. The minimum atomic E-state index is 0.0840. The Morgan fingerprint density at radius 1 is 1.53 bits per heavy atom. The van der Waals surface area contributed by atoms with Gasteiger partial charge in [-0.1, -0.05) is 5.16 Å². The van der Waals surface area contributed by atoms with E-state index in [1.54, 1.807) is 19.2 Å². The quantitative estimate of drug-likeness (QED) is 0.180. The fourth-order valence-electron chi connectivity index (χ4n) is 1.63. The van der Waals surface area contributed by atoms with Gasteiger partial charge in [-0.15, -0.1) is 11.8 Å². The number of oxime groups is 1. The van der Waals surface area contributed by atoms with Crippen molar-refractivity contribution in [2.45, 2.75) is 19.9 Å². The van der Waals surface area contributed by atoms with Gasteiger partial charge < -0.3 is 21.0 Å². The maximum atomic E-state index is 8.68. The van der Waals surface area contributed by atoms with Crippen molar-refractivity contribution in [2.24, 2.45) is 10.9 Å². The molecule has 0 heterocycles. The Morgan fingerprint density at radius 3 is 2.95 bits per heavy atom. The predicted octanol–water partition coefficient (Wildman–Crippen LogP) is 1.29. The first-order valence-corrected chi connectivity index (χ1v) is 5.98. The molecule has 0 aromatic heterocycles.